The minimum Gasteiger partial charge on any atom is -0.490 e. The lowest BCUT2D eigenvalue weighted by atomic mass is 10.2. The van der Waals surface area contributed by atoms with Crippen LogP contribution in [0.15, 0.2) is 48.5 Å². The second-order valence-electron chi connectivity index (χ2n) is 4.60. The van der Waals surface area contributed by atoms with Gasteiger partial charge in [0, 0.05) is 24.9 Å². The van der Waals surface area contributed by atoms with Gasteiger partial charge in [0.1, 0.15) is 12.4 Å². The molecule has 0 aliphatic heterocycles. The zero-order valence-electron chi connectivity index (χ0n) is 12.5. The number of methoxy groups -OCH3 is 1. The molecule has 0 bridgehead atoms. The highest BCUT2D eigenvalue weighted by atomic mass is 16.6. The number of anilines is 1. The Morgan fingerprint density at radius 1 is 1.17 bits per heavy atom. The average Bonchev–Trinajstić information content (AvgIpc) is 2.55. The van der Waals surface area contributed by atoms with Gasteiger partial charge in [-0.25, -0.2) is 0 Å². The fraction of sp³-hybridized carbons (Fsp3) is 0.188. The van der Waals surface area contributed by atoms with Gasteiger partial charge in [0.05, 0.1) is 17.1 Å². The number of hydrogen-bond acceptors (Lipinski definition) is 5. The van der Waals surface area contributed by atoms with Crippen LogP contribution in [0.3, 0.4) is 0 Å². The molecule has 0 unspecified atom stereocenters. The summed E-state index contributed by atoms with van der Waals surface area (Å²) in [4.78, 5) is 22.6. The van der Waals surface area contributed by atoms with Gasteiger partial charge in [-0.05, 0) is 18.2 Å². The van der Waals surface area contributed by atoms with E-state index in [-0.39, 0.29) is 5.69 Å². The van der Waals surface area contributed by atoms with Crippen LogP contribution in [-0.4, -0.2) is 31.2 Å². The van der Waals surface area contributed by atoms with Crippen LogP contribution in [0.2, 0.25) is 0 Å². The Morgan fingerprint density at radius 3 is 2.70 bits per heavy atom. The molecular weight excluding hydrogens is 300 g/mol. The van der Waals surface area contributed by atoms with Crippen molar-refractivity contribution in [3.8, 4) is 5.75 Å². The minimum atomic E-state index is -0.516. The van der Waals surface area contributed by atoms with Gasteiger partial charge >= 0.3 is 0 Å². The molecule has 2 aromatic rings. The lowest BCUT2D eigenvalue weighted by Crippen LogP contribution is -2.15. The van der Waals surface area contributed by atoms with E-state index >= 15 is 0 Å². The zero-order chi connectivity index (χ0) is 16.7. The van der Waals surface area contributed by atoms with E-state index in [0.29, 0.717) is 30.2 Å². The number of para-hydroxylation sites is 1. The van der Waals surface area contributed by atoms with E-state index in [0.717, 1.165) is 0 Å². The molecule has 0 fully saturated rings. The molecule has 0 saturated heterocycles. The fourth-order valence-electron chi connectivity index (χ4n) is 1.91. The van der Waals surface area contributed by atoms with Crippen LogP contribution in [0.5, 0.6) is 5.75 Å². The summed E-state index contributed by atoms with van der Waals surface area (Å²) in [6.07, 6.45) is 0. The Labute approximate surface area is 133 Å². The van der Waals surface area contributed by atoms with Gasteiger partial charge in [0.15, 0.2) is 0 Å². The van der Waals surface area contributed by atoms with Crippen LogP contribution in [0.1, 0.15) is 10.4 Å². The van der Waals surface area contributed by atoms with Crippen molar-refractivity contribution in [1.29, 1.82) is 0 Å². The Balaban J connectivity index is 2.14. The van der Waals surface area contributed by atoms with Crippen LogP contribution in [0.25, 0.3) is 0 Å². The van der Waals surface area contributed by atoms with Gasteiger partial charge in [-0.3, -0.25) is 14.9 Å². The number of nitro groups is 1. The number of non-ortho nitro benzene ring substituents is 1. The average molecular weight is 316 g/mol. The molecule has 0 radical (unpaired) electrons. The number of ether oxygens (including phenoxy) is 2. The molecule has 2 rings (SSSR count). The number of nitrogens with one attached hydrogen (secondary N) is 1. The first kappa shape index (κ1) is 16.4. The molecule has 23 heavy (non-hydrogen) atoms. The Kier molecular flexibility index (Phi) is 5.65. The first-order valence-electron chi connectivity index (χ1n) is 6.88. The predicted molar refractivity (Wildman–Crippen MR) is 84.9 cm³/mol. The maximum Gasteiger partial charge on any atom is 0.271 e. The number of hydrogen-bond donors (Lipinski definition) is 1. The van der Waals surface area contributed by atoms with Crippen molar-refractivity contribution in [2.24, 2.45) is 0 Å². The third-order valence-corrected chi connectivity index (χ3v) is 2.99. The summed E-state index contributed by atoms with van der Waals surface area (Å²) in [6, 6.07) is 12.5. The molecule has 0 aromatic heterocycles. The van der Waals surface area contributed by atoms with Crippen molar-refractivity contribution in [3.05, 3.63) is 64.2 Å². The summed E-state index contributed by atoms with van der Waals surface area (Å²) in [5.41, 5.74) is 0.596. The molecular formula is C16H16N2O5. The largest absolute Gasteiger partial charge is 0.490 e. The highest BCUT2D eigenvalue weighted by Crippen LogP contribution is 2.21. The van der Waals surface area contributed by atoms with Gasteiger partial charge in [0.25, 0.3) is 11.6 Å². The number of benzene rings is 2. The molecule has 120 valence electrons. The standard InChI is InChI=1S/C16H16N2O5/c1-22-9-10-23-15-8-3-2-7-14(15)16(19)17-12-5-4-6-13(11-12)18(20)21/h2-8,11H,9-10H2,1H3,(H,17,19). The SMILES string of the molecule is COCCOc1ccccc1C(=O)Nc1cccc([N+](=O)[O-])c1. The highest BCUT2D eigenvalue weighted by Gasteiger charge is 2.14. The van der Waals surface area contributed by atoms with E-state index in [1.807, 2.05) is 0 Å². The van der Waals surface area contributed by atoms with Crippen molar-refractivity contribution in [2.45, 2.75) is 0 Å². The second kappa shape index (κ2) is 7.90. The quantitative estimate of drug-likeness (QED) is 0.482. The van der Waals surface area contributed by atoms with Gasteiger partial charge in [-0.2, -0.15) is 0 Å². The first-order chi connectivity index (χ1) is 11.1. The lowest BCUT2D eigenvalue weighted by Gasteiger charge is -2.11. The zero-order valence-corrected chi connectivity index (χ0v) is 12.5. The number of carbonyl (C=O) groups is 1. The molecule has 0 saturated carbocycles. The topological polar surface area (TPSA) is 90.7 Å². The van der Waals surface area contributed by atoms with Crippen LogP contribution < -0.4 is 10.1 Å². The van der Waals surface area contributed by atoms with Crippen molar-refractivity contribution in [2.75, 3.05) is 25.6 Å². The van der Waals surface area contributed by atoms with Crippen molar-refractivity contribution in [1.82, 2.24) is 0 Å². The Morgan fingerprint density at radius 2 is 1.96 bits per heavy atom. The summed E-state index contributed by atoms with van der Waals surface area (Å²) < 4.78 is 10.4. The summed E-state index contributed by atoms with van der Waals surface area (Å²) in [5.74, 6) is 0.0194. The first-order valence-corrected chi connectivity index (χ1v) is 6.88. The Hall–Kier alpha value is -2.93. The number of nitrogens with zero attached hydrogens (tertiary/aromatic N) is 1. The van der Waals surface area contributed by atoms with E-state index in [2.05, 4.69) is 5.32 Å². The molecule has 0 atom stereocenters. The molecule has 7 nitrogen and oxygen atoms in total. The van der Waals surface area contributed by atoms with Crippen LogP contribution in [0, 0.1) is 10.1 Å². The molecule has 0 aliphatic rings. The predicted octanol–water partition coefficient (Wildman–Crippen LogP) is 2.87. The molecule has 2 aromatic carbocycles. The summed E-state index contributed by atoms with van der Waals surface area (Å²) in [5, 5.41) is 13.4. The van der Waals surface area contributed by atoms with Crippen molar-refractivity contribution in [3.63, 3.8) is 0 Å². The fourth-order valence-corrected chi connectivity index (χ4v) is 1.91. The van der Waals surface area contributed by atoms with Crippen LogP contribution in [0.4, 0.5) is 11.4 Å². The smallest absolute Gasteiger partial charge is 0.271 e. The maximum atomic E-state index is 12.4. The highest BCUT2D eigenvalue weighted by molar-refractivity contribution is 6.06. The van der Waals surface area contributed by atoms with E-state index < -0.39 is 10.8 Å². The summed E-state index contributed by atoms with van der Waals surface area (Å²) >= 11 is 0. The van der Waals surface area contributed by atoms with E-state index in [1.165, 1.54) is 18.2 Å². The van der Waals surface area contributed by atoms with Crippen molar-refractivity contribution < 1.29 is 19.2 Å². The molecule has 1 amide bonds. The molecule has 7 heteroatoms. The van der Waals surface area contributed by atoms with Crippen LogP contribution >= 0.6 is 0 Å². The number of amides is 1. The van der Waals surface area contributed by atoms with Gasteiger partial charge in [-0.1, -0.05) is 18.2 Å². The van der Waals surface area contributed by atoms with E-state index in [9.17, 15) is 14.9 Å². The normalized spacial score (nSPS) is 10.1. The number of carbonyl (C=O) groups excluding carboxylic acids is 1. The number of rotatable bonds is 7. The third kappa shape index (κ3) is 4.52. The summed E-state index contributed by atoms with van der Waals surface area (Å²) in [7, 11) is 1.56. The minimum absolute atomic E-state index is 0.0903. The Bertz CT molecular complexity index is 702. The molecule has 0 spiro atoms. The van der Waals surface area contributed by atoms with E-state index in [4.69, 9.17) is 9.47 Å². The molecule has 0 heterocycles. The number of nitro benzene ring substituents is 1. The van der Waals surface area contributed by atoms with Gasteiger partial charge in [0.2, 0.25) is 0 Å². The van der Waals surface area contributed by atoms with Crippen LogP contribution in [-0.2, 0) is 4.74 Å². The van der Waals surface area contributed by atoms with Crippen molar-refractivity contribution >= 4 is 17.3 Å². The summed E-state index contributed by atoms with van der Waals surface area (Å²) in [6.45, 7) is 0.721. The van der Waals surface area contributed by atoms with Gasteiger partial charge < -0.3 is 14.8 Å². The molecule has 1 N–H and O–H groups in total. The maximum absolute atomic E-state index is 12.4. The molecule has 0 aliphatic carbocycles. The second-order valence-corrected chi connectivity index (χ2v) is 4.60. The van der Waals surface area contributed by atoms with E-state index in [1.54, 1.807) is 37.4 Å². The lowest BCUT2D eigenvalue weighted by molar-refractivity contribution is -0.384. The monoisotopic (exact) mass is 316 g/mol. The third-order valence-electron chi connectivity index (χ3n) is 2.99. The van der Waals surface area contributed by atoms with Gasteiger partial charge in [-0.15, -0.1) is 0 Å².